The summed E-state index contributed by atoms with van der Waals surface area (Å²) in [4.78, 5) is 13.7. The van der Waals surface area contributed by atoms with Gasteiger partial charge in [0.05, 0.1) is 12.6 Å². The van der Waals surface area contributed by atoms with Crippen LogP contribution in [0.2, 0.25) is 0 Å². The molecule has 0 bridgehead atoms. The normalized spacial score (nSPS) is 16.1. The molecule has 1 N–H and O–H groups in total. The zero-order valence-corrected chi connectivity index (χ0v) is 11.2. The summed E-state index contributed by atoms with van der Waals surface area (Å²) in [6.45, 7) is 3.00. The fraction of sp³-hybridized carbons (Fsp3) is 0.438. The van der Waals surface area contributed by atoms with E-state index in [1.807, 2.05) is 29.2 Å². The topological polar surface area (TPSA) is 40.5 Å². The molecule has 1 aromatic carbocycles. The highest BCUT2D eigenvalue weighted by atomic mass is 16.2. The average Bonchev–Trinajstić information content (AvgIpc) is 2.85. The highest BCUT2D eigenvalue weighted by Gasteiger charge is 2.25. The second-order valence-electron chi connectivity index (χ2n) is 4.77. The molecule has 0 spiro atoms. The van der Waals surface area contributed by atoms with Crippen molar-refractivity contribution in [3.8, 4) is 11.8 Å². The van der Waals surface area contributed by atoms with Crippen LogP contribution in [0.15, 0.2) is 24.3 Å². The predicted octanol–water partition coefficient (Wildman–Crippen LogP) is 2.10. The highest BCUT2D eigenvalue weighted by molar-refractivity contribution is 5.78. The second-order valence-corrected chi connectivity index (χ2v) is 4.77. The molecule has 1 aliphatic rings. The Hall–Kier alpha value is -1.79. The van der Waals surface area contributed by atoms with Crippen LogP contribution in [0.5, 0.6) is 0 Å². The molecule has 0 radical (unpaired) electrons. The first-order chi connectivity index (χ1) is 9.22. The first kappa shape index (κ1) is 13.6. The highest BCUT2D eigenvalue weighted by Crippen LogP contribution is 2.25. The molecule has 100 valence electrons. The lowest BCUT2D eigenvalue weighted by atomic mass is 10.0. The van der Waals surface area contributed by atoms with Gasteiger partial charge >= 0.3 is 0 Å². The van der Waals surface area contributed by atoms with Gasteiger partial charge in [-0.15, -0.1) is 0 Å². The molecule has 1 aliphatic heterocycles. The first-order valence-electron chi connectivity index (χ1n) is 6.71. The van der Waals surface area contributed by atoms with E-state index in [0.29, 0.717) is 12.8 Å². The Kier molecular flexibility index (Phi) is 4.59. The third-order valence-corrected chi connectivity index (χ3v) is 3.42. The zero-order valence-electron chi connectivity index (χ0n) is 11.2. The molecule has 0 aliphatic carbocycles. The Labute approximate surface area is 114 Å². The van der Waals surface area contributed by atoms with E-state index in [4.69, 9.17) is 5.11 Å². The standard InChI is InChI=1S/C16H19NO2/c1-13(17-10-5-9-16(17)19)15-8-4-7-14(12-15)6-2-3-11-18/h4,7-8,12-13,18H,3,5,9-11H2,1H3. The minimum absolute atomic E-state index is 0.0887. The van der Waals surface area contributed by atoms with Crippen LogP contribution in [0.25, 0.3) is 0 Å². The van der Waals surface area contributed by atoms with Gasteiger partial charge in [0.1, 0.15) is 0 Å². The number of hydrogen-bond acceptors (Lipinski definition) is 2. The lowest BCUT2D eigenvalue weighted by molar-refractivity contribution is -0.129. The predicted molar refractivity (Wildman–Crippen MR) is 74.4 cm³/mol. The van der Waals surface area contributed by atoms with E-state index in [-0.39, 0.29) is 18.6 Å². The lowest BCUT2D eigenvalue weighted by Crippen LogP contribution is -2.27. The Morgan fingerprint density at radius 2 is 2.32 bits per heavy atom. The van der Waals surface area contributed by atoms with Crippen LogP contribution >= 0.6 is 0 Å². The number of amides is 1. The molecule has 19 heavy (non-hydrogen) atoms. The number of likely N-dealkylation sites (tertiary alicyclic amines) is 1. The number of aliphatic hydroxyl groups excluding tert-OH is 1. The summed E-state index contributed by atoms with van der Waals surface area (Å²) >= 11 is 0. The molecule has 3 heteroatoms. The SMILES string of the molecule is CC(c1cccc(C#CCCO)c1)N1CCCC1=O. The molecule has 1 aromatic rings. The van der Waals surface area contributed by atoms with E-state index < -0.39 is 0 Å². The van der Waals surface area contributed by atoms with Crippen LogP contribution in [0, 0.1) is 11.8 Å². The first-order valence-corrected chi connectivity index (χ1v) is 6.71. The van der Waals surface area contributed by atoms with Gasteiger partial charge in [0.15, 0.2) is 0 Å². The molecule has 1 heterocycles. The molecular formula is C16H19NO2. The Balaban J connectivity index is 2.14. The number of aliphatic hydroxyl groups is 1. The van der Waals surface area contributed by atoms with Gasteiger partial charge in [-0.1, -0.05) is 24.0 Å². The van der Waals surface area contributed by atoms with Crippen molar-refractivity contribution in [2.75, 3.05) is 13.2 Å². The van der Waals surface area contributed by atoms with E-state index >= 15 is 0 Å². The molecule has 1 unspecified atom stereocenters. The fourth-order valence-electron chi connectivity index (χ4n) is 2.36. The summed E-state index contributed by atoms with van der Waals surface area (Å²) in [5, 5.41) is 8.71. The number of rotatable bonds is 3. The number of carbonyl (C=O) groups is 1. The average molecular weight is 257 g/mol. The molecular weight excluding hydrogens is 238 g/mol. The molecule has 1 atom stereocenters. The van der Waals surface area contributed by atoms with E-state index in [1.165, 1.54) is 0 Å². The number of nitrogens with zero attached hydrogens (tertiary/aromatic N) is 1. The van der Waals surface area contributed by atoms with Crippen molar-refractivity contribution in [1.29, 1.82) is 0 Å². The van der Waals surface area contributed by atoms with E-state index in [2.05, 4.69) is 18.8 Å². The van der Waals surface area contributed by atoms with Crippen LogP contribution in [0.1, 0.15) is 43.4 Å². The second kappa shape index (κ2) is 6.40. The van der Waals surface area contributed by atoms with Crippen LogP contribution in [-0.2, 0) is 4.79 Å². The van der Waals surface area contributed by atoms with Crippen molar-refractivity contribution < 1.29 is 9.90 Å². The van der Waals surface area contributed by atoms with E-state index in [0.717, 1.165) is 24.1 Å². The number of benzene rings is 1. The maximum absolute atomic E-state index is 11.8. The summed E-state index contributed by atoms with van der Waals surface area (Å²) in [6.07, 6.45) is 2.11. The fourth-order valence-corrected chi connectivity index (χ4v) is 2.36. The molecule has 0 saturated carbocycles. The quantitative estimate of drug-likeness (QED) is 0.842. The van der Waals surface area contributed by atoms with Gasteiger partial charge in [0, 0.05) is 24.9 Å². The largest absolute Gasteiger partial charge is 0.395 e. The van der Waals surface area contributed by atoms with Crippen molar-refractivity contribution in [3.63, 3.8) is 0 Å². The van der Waals surface area contributed by atoms with Crippen molar-refractivity contribution in [2.24, 2.45) is 0 Å². The van der Waals surface area contributed by atoms with Crippen molar-refractivity contribution in [3.05, 3.63) is 35.4 Å². The Morgan fingerprint density at radius 1 is 1.47 bits per heavy atom. The zero-order chi connectivity index (χ0) is 13.7. The lowest BCUT2D eigenvalue weighted by Gasteiger charge is -2.24. The van der Waals surface area contributed by atoms with Gasteiger partial charge < -0.3 is 10.0 Å². The summed E-state index contributed by atoms with van der Waals surface area (Å²) in [6, 6.07) is 8.09. The molecule has 0 aromatic heterocycles. The minimum Gasteiger partial charge on any atom is -0.395 e. The minimum atomic E-state index is 0.0887. The number of carbonyl (C=O) groups excluding carboxylic acids is 1. The summed E-state index contributed by atoms with van der Waals surface area (Å²) in [5.41, 5.74) is 2.05. The molecule has 3 nitrogen and oxygen atoms in total. The van der Waals surface area contributed by atoms with Gasteiger partial charge in [-0.3, -0.25) is 4.79 Å². The van der Waals surface area contributed by atoms with Crippen LogP contribution in [0.4, 0.5) is 0 Å². The van der Waals surface area contributed by atoms with Gasteiger partial charge in [-0.2, -0.15) is 0 Å². The van der Waals surface area contributed by atoms with Gasteiger partial charge in [-0.25, -0.2) is 0 Å². The third kappa shape index (κ3) is 3.36. The molecule has 1 saturated heterocycles. The van der Waals surface area contributed by atoms with Gasteiger partial charge in [0.25, 0.3) is 0 Å². The van der Waals surface area contributed by atoms with Gasteiger partial charge in [0.2, 0.25) is 5.91 Å². The Bertz CT molecular complexity index is 513. The van der Waals surface area contributed by atoms with E-state index in [9.17, 15) is 4.79 Å². The van der Waals surface area contributed by atoms with Crippen LogP contribution in [-0.4, -0.2) is 29.1 Å². The van der Waals surface area contributed by atoms with E-state index in [1.54, 1.807) is 0 Å². The molecule has 1 amide bonds. The van der Waals surface area contributed by atoms with Crippen LogP contribution in [0.3, 0.4) is 0 Å². The van der Waals surface area contributed by atoms with Crippen molar-refractivity contribution >= 4 is 5.91 Å². The van der Waals surface area contributed by atoms with Crippen LogP contribution < -0.4 is 0 Å². The summed E-state index contributed by atoms with van der Waals surface area (Å²) < 4.78 is 0. The number of hydrogen-bond donors (Lipinski definition) is 1. The summed E-state index contributed by atoms with van der Waals surface area (Å²) in [7, 11) is 0. The molecule has 1 fully saturated rings. The van der Waals surface area contributed by atoms with Crippen molar-refractivity contribution in [2.45, 2.75) is 32.2 Å². The van der Waals surface area contributed by atoms with Crippen molar-refractivity contribution in [1.82, 2.24) is 4.90 Å². The Morgan fingerprint density at radius 3 is 3.00 bits per heavy atom. The monoisotopic (exact) mass is 257 g/mol. The molecule has 2 rings (SSSR count). The third-order valence-electron chi connectivity index (χ3n) is 3.42. The maximum Gasteiger partial charge on any atom is 0.223 e. The van der Waals surface area contributed by atoms with Gasteiger partial charge in [-0.05, 0) is 31.0 Å². The summed E-state index contributed by atoms with van der Waals surface area (Å²) in [5.74, 6) is 6.18. The smallest absolute Gasteiger partial charge is 0.223 e. The maximum atomic E-state index is 11.8.